The molecule has 1 aliphatic carbocycles. The van der Waals surface area contributed by atoms with Gasteiger partial charge in [-0.1, -0.05) is 12.5 Å². The maximum atomic E-state index is 13.7. The summed E-state index contributed by atoms with van der Waals surface area (Å²) >= 11 is 0. The minimum atomic E-state index is -4.09. The molecule has 0 saturated heterocycles. The van der Waals surface area contributed by atoms with Crippen LogP contribution in [0.2, 0.25) is 0 Å². The minimum absolute atomic E-state index is 0.00861. The van der Waals surface area contributed by atoms with E-state index < -0.39 is 22.5 Å². The van der Waals surface area contributed by atoms with Gasteiger partial charge in [-0.05, 0) is 74.9 Å². The second kappa shape index (κ2) is 10.7. The Kier molecular flexibility index (Phi) is 7.97. The van der Waals surface area contributed by atoms with E-state index in [1.165, 1.54) is 32.4 Å². The molecule has 0 heterocycles. The highest BCUT2D eigenvalue weighted by Crippen LogP contribution is 2.32. The zero-order valence-electron chi connectivity index (χ0n) is 19.6. The number of sulfonamides is 1. The zero-order chi connectivity index (χ0) is 24.0. The number of rotatable bonds is 8. The normalized spacial score (nSPS) is 13.9. The first-order chi connectivity index (χ1) is 15.7. The zero-order valence-corrected chi connectivity index (χ0v) is 20.4. The Hall–Kier alpha value is -3.07. The molecule has 2 aromatic carbocycles. The highest BCUT2D eigenvalue weighted by Gasteiger charge is 2.29. The number of benzene rings is 2. The van der Waals surface area contributed by atoms with Crippen LogP contribution in [0.15, 0.2) is 46.4 Å². The van der Waals surface area contributed by atoms with Gasteiger partial charge in [-0.15, -0.1) is 0 Å². The molecule has 33 heavy (non-hydrogen) atoms. The fraction of sp³-hybridized carbons (Fsp3) is 0.417. The molecule has 8 nitrogen and oxygen atoms in total. The first-order valence-corrected chi connectivity index (χ1v) is 12.4. The third kappa shape index (κ3) is 6.04. The average molecular weight is 474 g/mol. The van der Waals surface area contributed by atoms with E-state index in [2.05, 4.69) is 10.5 Å². The van der Waals surface area contributed by atoms with Gasteiger partial charge in [0, 0.05) is 11.8 Å². The van der Waals surface area contributed by atoms with Crippen molar-refractivity contribution in [3.63, 3.8) is 0 Å². The van der Waals surface area contributed by atoms with Crippen molar-refractivity contribution in [1.82, 2.24) is 5.43 Å². The van der Waals surface area contributed by atoms with E-state index in [4.69, 9.17) is 9.47 Å². The Balaban J connectivity index is 1.96. The molecule has 0 bridgehead atoms. The maximum absolute atomic E-state index is 13.7. The second-order valence-corrected chi connectivity index (χ2v) is 10.0. The summed E-state index contributed by atoms with van der Waals surface area (Å²) in [5.41, 5.74) is 5.67. The first-order valence-electron chi connectivity index (χ1n) is 10.9. The summed E-state index contributed by atoms with van der Waals surface area (Å²) < 4.78 is 39.0. The van der Waals surface area contributed by atoms with Crippen molar-refractivity contribution in [2.75, 3.05) is 25.1 Å². The van der Waals surface area contributed by atoms with Gasteiger partial charge in [0.15, 0.2) is 11.5 Å². The number of amides is 1. The quantitative estimate of drug-likeness (QED) is 0.586. The van der Waals surface area contributed by atoms with Crippen LogP contribution in [0.5, 0.6) is 11.5 Å². The number of hydrazone groups is 1. The Morgan fingerprint density at radius 3 is 2.21 bits per heavy atom. The van der Waals surface area contributed by atoms with Crippen molar-refractivity contribution in [2.45, 2.75) is 50.8 Å². The molecule has 0 aromatic heterocycles. The third-order valence-corrected chi connectivity index (χ3v) is 7.26. The number of anilines is 1. The lowest BCUT2D eigenvalue weighted by Gasteiger charge is -2.25. The molecule has 0 radical (unpaired) electrons. The van der Waals surface area contributed by atoms with E-state index in [0.29, 0.717) is 11.4 Å². The number of carbonyl (C=O) groups excluding carboxylic acids is 1. The predicted molar refractivity (Wildman–Crippen MR) is 129 cm³/mol. The Morgan fingerprint density at radius 2 is 1.61 bits per heavy atom. The van der Waals surface area contributed by atoms with Gasteiger partial charge < -0.3 is 9.47 Å². The molecule has 1 amide bonds. The second-order valence-electron chi connectivity index (χ2n) is 8.15. The van der Waals surface area contributed by atoms with Gasteiger partial charge in [-0.25, -0.2) is 13.8 Å². The fourth-order valence-corrected chi connectivity index (χ4v) is 5.31. The molecular formula is C24H31N3O5S. The van der Waals surface area contributed by atoms with Gasteiger partial charge in [0.05, 0.1) is 24.8 Å². The van der Waals surface area contributed by atoms with Crippen molar-refractivity contribution in [3.8, 4) is 11.5 Å². The number of hydrogen-bond donors (Lipinski definition) is 1. The molecular weight excluding hydrogens is 442 g/mol. The van der Waals surface area contributed by atoms with Crippen molar-refractivity contribution >= 4 is 27.3 Å². The molecule has 1 fully saturated rings. The van der Waals surface area contributed by atoms with Crippen LogP contribution in [0.1, 0.15) is 43.2 Å². The Morgan fingerprint density at radius 1 is 0.970 bits per heavy atom. The van der Waals surface area contributed by atoms with Gasteiger partial charge in [0.1, 0.15) is 6.54 Å². The number of nitrogens with one attached hydrogen (secondary N) is 1. The fourth-order valence-electron chi connectivity index (χ4n) is 3.89. The summed E-state index contributed by atoms with van der Waals surface area (Å²) in [7, 11) is -1.18. The van der Waals surface area contributed by atoms with Crippen LogP contribution in [-0.2, 0) is 14.8 Å². The molecule has 0 atom stereocenters. The van der Waals surface area contributed by atoms with Crippen LogP contribution < -0.4 is 19.2 Å². The monoisotopic (exact) mass is 473 g/mol. The lowest BCUT2D eigenvalue weighted by molar-refractivity contribution is -0.119. The van der Waals surface area contributed by atoms with E-state index in [0.717, 1.165) is 53.2 Å². The average Bonchev–Trinajstić information content (AvgIpc) is 2.80. The number of ether oxygens (including phenoxy) is 2. The first kappa shape index (κ1) is 24.6. The van der Waals surface area contributed by atoms with Crippen LogP contribution in [0.3, 0.4) is 0 Å². The number of aryl methyl sites for hydroxylation is 2. The molecule has 1 N–H and O–H groups in total. The van der Waals surface area contributed by atoms with E-state index in [-0.39, 0.29) is 10.6 Å². The molecule has 1 aliphatic rings. The van der Waals surface area contributed by atoms with Crippen molar-refractivity contribution in [3.05, 3.63) is 47.5 Å². The highest BCUT2D eigenvalue weighted by molar-refractivity contribution is 7.92. The van der Waals surface area contributed by atoms with Gasteiger partial charge in [0.25, 0.3) is 15.9 Å². The number of hydrogen-bond acceptors (Lipinski definition) is 6. The molecule has 178 valence electrons. The summed E-state index contributed by atoms with van der Waals surface area (Å²) in [5.74, 6) is 0.193. The van der Waals surface area contributed by atoms with Gasteiger partial charge in [-0.2, -0.15) is 5.10 Å². The van der Waals surface area contributed by atoms with E-state index in [9.17, 15) is 13.2 Å². The standard InChI is InChI=1S/C24H31N3O5S/c1-17-12-18(2)14-20(13-17)27(16-24(28)26-25-19-8-6-5-7-9-19)33(29,30)21-10-11-22(31-3)23(15-21)32-4/h10-15H,5-9,16H2,1-4H3,(H,26,28). The maximum Gasteiger partial charge on any atom is 0.264 e. The lowest BCUT2D eigenvalue weighted by Crippen LogP contribution is -2.40. The van der Waals surface area contributed by atoms with Crippen LogP contribution in [0, 0.1) is 13.8 Å². The van der Waals surface area contributed by atoms with Crippen molar-refractivity contribution < 1.29 is 22.7 Å². The molecule has 0 unspecified atom stereocenters. The van der Waals surface area contributed by atoms with Crippen LogP contribution >= 0.6 is 0 Å². The predicted octanol–water partition coefficient (Wildman–Crippen LogP) is 3.95. The molecule has 1 saturated carbocycles. The number of carbonyl (C=O) groups is 1. The summed E-state index contributed by atoms with van der Waals surface area (Å²) in [6.45, 7) is 3.36. The van der Waals surface area contributed by atoms with E-state index in [1.807, 2.05) is 19.9 Å². The summed E-state index contributed by atoms with van der Waals surface area (Å²) in [6, 6.07) is 9.79. The minimum Gasteiger partial charge on any atom is -0.493 e. The third-order valence-electron chi connectivity index (χ3n) is 5.49. The Bertz CT molecular complexity index is 1120. The molecule has 0 spiro atoms. The highest BCUT2D eigenvalue weighted by atomic mass is 32.2. The Labute approximate surface area is 195 Å². The topological polar surface area (TPSA) is 97.3 Å². The largest absolute Gasteiger partial charge is 0.493 e. The molecule has 3 rings (SSSR count). The molecule has 9 heteroatoms. The van der Waals surface area contributed by atoms with Crippen LogP contribution in [-0.4, -0.2) is 40.8 Å². The molecule has 2 aromatic rings. The SMILES string of the molecule is COc1ccc(S(=O)(=O)N(CC(=O)NN=C2CCCCC2)c2cc(C)cc(C)c2)cc1OC. The number of methoxy groups -OCH3 is 2. The van der Waals surface area contributed by atoms with Gasteiger partial charge >= 0.3 is 0 Å². The smallest absolute Gasteiger partial charge is 0.264 e. The lowest BCUT2D eigenvalue weighted by atomic mass is 9.99. The summed E-state index contributed by atoms with van der Waals surface area (Å²) in [6.07, 6.45) is 4.97. The van der Waals surface area contributed by atoms with Gasteiger partial charge in [0.2, 0.25) is 0 Å². The van der Waals surface area contributed by atoms with E-state index >= 15 is 0 Å². The van der Waals surface area contributed by atoms with Crippen molar-refractivity contribution in [1.29, 1.82) is 0 Å². The summed E-state index contributed by atoms with van der Waals surface area (Å²) in [4.78, 5) is 12.8. The summed E-state index contributed by atoms with van der Waals surface area (Å²) in [5, 5.41) is 4.23. The number of nitrogens with zero attached hydrogens (tertiary/aromatic N) is 2. The van der Waals surface area contributed by atoms with Gasteiger partial charge in [-0.3, -0.25) is 9.10 Å². The van der Waals surface area contributed by atoms with E-state index in [1.54, 1.807) is 12.1 Å². The molecule has 0 aliphatic heterocycles. The van der Waals surface area contributed by atoms with Crippen LogP contribution in [0.4, 0.5) is 5.69 Å². The van der Waals surface area contributed by atoms with Crippen molar-refractivity contribution in [2.24, 2.45) is 5.10 Å². The van der Waals surface area contributed by atoms with Crippen LogP contribution in [0.25, 0.3) is 0 Å².